The van der Waals surface area contributed by atoms with Crippen molar-refractivity contribution in [3.8, 4) is 44.5 Å². The molecule has 22 aromatic rings. The summed E-state index contributed by atoms with van der Waals surface area (Å²) in [6, 6.07) is 172. The molecule has 130 heavy (non-hydrogen) atoms. The van der Waals surface area contributed by atoms with Crippen LogP contribution in [-0.4, -0.2) is 0 Å². The summed E-state index contributed by atoms with van der Waals surface area (Å²) in [7, 11) is 0. The molecule has 0 radical (unpaired) electrons. The van der Waals surface area contributed by atoms with Crippen molar-refractivity contribution in [2.45, 2.75) is 38.0 Å². The minimum absolute atomic E-state index is 0.688. The van der Waals surface area contributed by atoms with Crippen LogP contribution in [0.15, 0.2) is 455 Å². The smallest absolute Gasteiger partial charge is 0.0737 e. The first-order valence-corrected chi connectivity index (χ1v) is 45.5. The second-order valence-corrected chi connectivity index (χ2v) is 35.8. The zero-order valence-electron chi connectivity index (χ0n) is 72.3. The predicted molar refractivity (Wildman–Crippen MR) is 546 cm³/mol. The maximum absolute atomic E-state index is 2.58. The van der Waals surface area contributed by atoms with E-state index in [1.807, 2.05) is 0 Å². The first-order chi connectivity index (χ1) is 64.2. The molecule has 0 aliphatic heterocycles. The third kappa shape index (κ3) is 11.0. The van der Waals surface area contributed by atoms with Gasteiger partial charge in [0, 0.05) is 67.6 Å². The Bertz CT molecular complexity index is 8340. The Hall–Kier alpha value is -16.4. The van der Waals surface area contributed by atoms with Crippen LogP contribution in [0.4, 0.5) is 68.2 Å². The molecule has 26 rings (SSSR count). The van der Waals surface area contributed by atoms with Gasteiger partial charge in [0.15, 0.2) is 0 Å². The van der Waals surface area contributed by atoms with Crippen LogP contribution in [0.1, 0.15) is 72.3 Å². The van der Waals surface area contributed by atoms with Gasteiger partial charge in [-0.2, -0.15) is 0 Å². The quantitative estimate of drug-likeness (QED) is 0.101. The molecule has 2 spiro atoms. The van der Waals surface area contributed by atoms with Crippen molar-refractivity contribution in [1.29, 1.82) is 0 Å². The highest BCUT2D eigenvalue weighted by Crippen LogP contribution is 2.71. The lowest BCUT2D eigenvalue weighted by atomic mass is 9.68. The minimum atomic E-state index is -0.700. The maximum atomic E-state index is 2.58. The second kappa shape index (κ2) is 29.3. The van der Waals surface area contributed by atoms with Gasteiger partial charge in [0.05, 0.1) is 22.2 Å². The molecule has 0 fully saturated rings. The Balaban J connectivity index is 0.619. The van der Waals surface area contributed by atoms with Crippen LogP contribution in [0, 0.1) is 20.8 Å². The van der Waals surface area contributed by atoms with Gasteiger partial charge < -0.3 is 19.6 Å². The molecule has 0 unspecified atom stereocenters. The standard InChI is InChI=1S/C126H86N4/c1-80-59-63-90(64-60-80)129(87-38-12-6-13-39-87)117-78-111-119-103-51-20-16-43-95(103)109-76-92(67-69-107(109)123(119)125(121(111)105-53-22-18-49-101(105)117)113-55-28-24-45-97(113)98-46-25-29-56-114(98)125)127(85-34-8-4-9-35-85)89-65-61-83(62-66-89)74-84-71-82(3)73-94(75-84)130(88-40-14-7-15-41-88)118-79-112-120-104-52-21-17-44-96(104)110-77-93(128(86-36-10-5-11-37-86)91-42-32-33-81(2)72-91)68-70-108(110)124(120)126(122(112)106-54-23-19-50-102(106)118)115-57-30-26-47-99(115)100-48-27-31-58-116(100)126/h4-73,75-79H,74H2,1-3H3. The molecule has 610 valence electrons. The summed E-state index contributed by atoms with van der Waals surface area (Å²) in [5.74, 6) is 0. The van der Waals surface area contributed by atoms with Gasteiger partial charge in [0.25, 0.3) is 0 Å². The SMILES string of the molecule is Cc1ccc(N(c2ccccc2)c2cc3c(c4ccccc24)C2(c4ccccc4-c4ccccc42)c2c-3c3ccccc3c3cc(N(c4ccccc4)c4ccc(Cc5cc(C)cc(N(c6ccccc6)c6cc7c(c8ccccc68)C6(c8ccccc8-c8ccccc86)c6c-7c7ccccc7c7cc(N(c8ccccc8)c8cccc(C)c8)ccc67)c5)cc4)ccc23)cc1. The lowest BCUT2D eigenvalue weighted by molar-refractivity contribution is 0.809. The summed E-state index contributed by atoms with van der Waals surface area (Å²) in [5, 5.41) is 14.7. The molecule has 0 saturated heterocycles. The van der Waals surface area contributed by atoms with E-state index in [0.717, 1.165) is 68.2 Å². The zero-order chi connectivity index (χ0) is 86.0. The molecule has 0 bridgehead atoms. The van der Waals surface area contributed by atoms with Crippen molar-refractivity contribution in [3.05, 3.63) is 527 Å². The first kappa shape index (κ1) is 75.0. The van der Waals surface area contributed by atoms with Gasteiger partial charge in [-0.25, -0.2) is 0 Å². The van der Waals surface area contributed by atoms with E-state index in [4.69, 9.17) is 0 Å². The third-order valence-corrected chi connectivity index (χ3v) is 28.6. The fraction of sp³-hybridized carbons (Fsp3) is 0.0476. The number of benzene rings is 22. The highest BCUT2D eigenvalue weighted by atomic mass is 15.2. The molecule has 4 nitrogen and oxygen atoms in total. The number of nitrogens with zero attached hydrogens (tertiary/aromatic N) is 4. The summed E-state index contributed by atoms with van der Waals surface area (Å²) in [6.45, 7) is 6.63. The summed E-state index contributed by atoms with van der Waals surface area (Å²) < 4.78 is 0. The molecule has 0 aromatic heterocycles. The molecular weight excluding hydrogens is 1570 g/mol. The van der Waals surface area contributed by atoms with Gasteiger partial charge >= 0.3 is 0 Å². The van der Waals surface area contributed by atoms with Crippen LogP contribution in [0.3, 0.4) is 0 Å². The lowest BCUT2D eigenvalue weighted by Crippen LogP contribution is -2.27. The van der Waals surface area contributed by atoms with E-state index in [1.54, 1.807) is 0 Å². The number of hydrogen-bond acceptors (Lipinski definition) is 4. The molecule has 0 saturated carbocycles. The van der Waals surface area contributed by atoms with E-state index in [-0.39, 0.29) is 0 Å². The first-order valence-electron chi connectivity index (χ1n) is 45.5. The summed E-state index contributed by atoms with van der Waals surface area (Å²) in [6.07, 6.45) is 0.716. The topological polar surface area (TPSA) is 13.0 Å². The monoisotopic (exact) mass is 1650 g/mol. The Morgan fingerprint density at radius 2 is 0.485 bits per heavy atom. The van der Waals surface area contributed by atoms with Gasteiger partial charge in [-0.3, -0.25) is 0 Å². The number of hydrogen-bond donors (Lipinski definition) is 0. The average Bonchev–Trinajstić information content (AvgIpc) is 1.49. The van der Waals surface area contributed by atoms with Crippen molar-refractivity contribution >= 4 is 133 Å². The van der Waals surface area contributed by atoms with E-state index in [9.17, 15) is 0 Å². The molecule has 0 atom stereocenters. The van der Waals surface area contributed by atoms with E-state index >= 15 is 0 Å². The zero-order valence-corrected chi connectivity index (χ0v) is 72.3. The summed E-state index contributed by atoms with van der Waals surface area (Å²) in [4.78, 5) is 9.91. The van der Waals surface area contributed by atoms with Gasteiger partial charge in [0.2, 0.25) is 0 Å². The van der Waals surface area contributed by atoms with Crippen molar-refractivity contribution in [1.82, 2.24) is 0 Å². The van der Waals surface area contributed by atoms with E-state index < -0.39 is 10.8 Å². The van der Waals surface area contributed by atoms with Gasteiger partial charge in [-0.1, -0.05) is 327 Å². The molecule has 4 heteroatoms. The molecule has 22 aromatic carbocycles. The van der Waals surface area contributed by atoms with Crippen molar-refractivity contribution in [2.75, 3.05) is 19.6 Å². The number of anilines is 12. The predicted octanol–water partition coefficient (Wildman–Crippen LogP) is 33.7. The molecule has 4 aliphatic carbocycles. The summed E-state index contributed by atoms with van der Waals surface area (Å²) in [5.41, 5.74) is 38.7. The number of fused-ring (bicyclic) bond motifs is 34. The van der Waals surface area contributed by atoms with Gasteiger partial charge in [-0.15, -0.1) is 0 Å². The average molecular weight is 1660 g/mol. The van der Waals surface area contributed by atoms with Crippen molar-refractivity contribution in [2.24, 2.45) is 0 Å². The normalized spacial score (nSPS) is 13.0. The largest absolute Gasteiger partial charge is 0.310 e. The van der Waals surface area contributed by atoms with Crippen LogP contribution < -0.4 is 19.6 Å². The highest BCUT2D eigenvalue weighted by Gasteiger charge is 2.56. The molecule has 4 aliphatic rings. The highest BCUT2D eigenvalue weighted by molar-refractivity contribution is 6.26. The minimum Gasteiger partial charge on any atom is -0.310 e. The maximum Gasteiger partial charge on any atom is 0.0737 e. The van der Waals surface area contributed by atoms with E-state index in [2.05, 4.69) is 495 Å². The lowest BCUT2D eigenvalue weighted by Gasteiger charge is -2.34. The van der Waals surface area contributed by atoms with Crippen LogP contribution in [-0.2, 0) is 17.3 Å². The van der Waals surface area contributed by atoms with Crippen LogP contribution in [0.25, 0.3) is 109 Å². The van der Waals surface area contributed by atoms with Crippen molar-refractivity contribution in [3.63, 3.8) is 0 Å². The molecule has 0 N–H and O–H groups in total. The fourth-order valence-corrected chi connectivity index (χ4v) is 23.6. The van der Waals surface area contributed by atoms with Crippen LogP contribution >= 0.6 is 0 Å². The van der Waals surface area contributed by atoms with E-state index in [1.165, 1.54) is 181 Å². The Labute approximate surface area is 757 Å². The molecular formula is C126H86N4. The Morgan fingerprint density at radius 3 is 0.923 bits per heavy atom. The Morgan fingerprint density at radius 1 is 0.169 bits per heavy atom. The van der Waals surface area contributed by atoms with Crippen LogP contribution in [0.5, 0.6) is 0 Å². The van der Waals surface area contributed by atoms with E-state index in [0.29, 0.717) is 6.42 Å². The third-order valence-electron chi connectivity index (χ3n) is 28.6. The summed E-state index contributed by atoms with van der Waals surface area (Å²) >= 11 is 0. The number of rotatable bonds is 14. The van der Waals surface area contributed by atoms with Gasteiger partial charge in [-0.05, 0) is 326 Å². The molecule has 0 heterocycles. The molecule has 0 amide bonds. The number of para-hydroxylation sites is 4. The number of aryl methyl sites for hydroxylation is 3. The Kier molecular flexibility index (Phi) is 16.9. The van der Waals surface area contributed by atoms with Gasteiger partial charge in [0.1, 0.15) is 0 Å². The van der Waals surface area contributed by atoms with Crippen LogP contribution in [0.2, 0.25) is 0 Å². The van der Waals surface area contributed by atoms with Crippen molar-refractivity contribution < 1.29 is 0 Å². The fourth-order valence-electron chi connectivity index (χ4n) is 23.6. The second-order valence-electron chi connectivity index (χ2n) is 35.8.